The summed E-state index contributed by atoms with van der Waals surface area (Å²) < 4.78 is 22.0. The quantitative estimate of drug-likeness (QED) is 0.636. The van der Waals surface area contributed by atoms with Crippen molar-refractivity contribution in [1.82, 2.24) is 9.55 Å². The van der Waals surface area contributed by atoms with Gasteiger partial charge in [-0.2, -0.15) is 0 Å². The second-order valence-corrected chi connectivity index (χ2v) is 8.36. The second-order valence-electron chi connectivity index (χ2n) is 8.36. The van der Waals surface area contributed by atoms with Crippen LogP contribution < -0.4 is 16.2 Å². The molecule has 1 atom stereocenters. The summed E-state index contributed by atoms with van der Waals surface area (Å²) in [5.74, 6) is -0.261. The first-order valence-corrected chi connectivity index (χ1v) is 10.5. The number of carbonyl (C=O) groups excluding carboxylic acids is 2. The normalized spacial score (nSPS) is 16.5. The molecule has 5 rings (SSSR count). The zero-order chi connectivity index (χ0) is 21.7. The molecular formula is C23H23FN4O3. The van der Waals surface area contributed by atoms with Crippen LogP contribution in [0.5, 0.6) is 5.75 Å². The lowest BCUT2D eigenvalue weighted by Gasteiger charge is -2.13. The Morgan fingerprint density at radius 2 is 2.03 bits per heavy atom. The van der Waals surface area contributed by atoms with Crippen LogP contribution in [0.2, 0.25) is 0 Å². The number of aryl methyl sites for hydroxylation is 1. The van der Waals surface area contributed by atoms with Crippen LogP contribution in [0.25, 0.3) is 22.4 Å². The molecule has 0 bridgehead atoms. The molecule has 2 heterocycles. The van der Waals surface area contributed by atoms with Gasteiger partial charge in [0, 0.05) is 18.0 Å². The van der Waals surface area contributed by atoms with E-state index in [1.54, 1.807) is 6.07 Å². The number of carbonyl (C=O) groups is 2. The van der Waals surface area contributed by atoms with E-state index in [4.69, 9.17) is 21.2 Å². The van der Waals surface area contributed by atoms with Crippen molar-refractivity contribution >= 4 is 22.8 Å². The van der Waals surface area contributed by atoms with E-state index in [0.29, 0.717) is 42.6 Å². The van der Waals surface area contributed by atoms with Gasteiger partial charge in [0.15, 0.2) is 0 Å². The van der Waals surface area contributed by atoms with E-state index in [1.807, 2.05) is 16.7 Å². The van der Waals surface area contributed by atoms with E-state index in [9.17, 15) is 14.0 Å². The maximum Gasteiger partial charge on any atom is 0.251 e. The summed E-state index contributed by atoms with van der Waals surface area (Å²) in [5.41, 5.74) is 13.9. The van der Waals surface area contributed by atoms with Crippen LogP contribution in [0.15, 0.2) is 30.3 Å². The van der Waals surface area contributed by atoms with Gasteiger partial charge in [0.2, 0.25) is 5.91 Å². The Morgan fingerprint density at radius 1 is 1.23 bits per heavy atom. The van der Waals surface area contributed by atoms with Crippen molar-refractivity contribution in [1.29, 1.82) is 0 Å². The standard InChI is InChI=1S/C23H23FN4O3/c24-17-5-4-14(11-16(17)22(26)30)23-27-18-9-12(8-15(21(25)29)13-2-3-13)10-19-20(18)28(23)6-1-7-31-19/h4-5,9-11,13,15H,1-3,6-8H2,(H2,25,29)(H2,26,30)/t15-/m0/s1. The fourth-order valence-corrected chi connectivity index (χ4v) is 4.46. The molecule has 0 saturated heterocycles. The maximum absolute atomic E-state index is 14.0. The number of nitrogens with two attached hydrogens (primary N) is 2. The predicted octanol–water partition coefficient (Wildman–Crippen LogP) is 2.78. The van der Waals surface area contributed by atoms with E-state index in [1.165, 1.54) is 12.1 Å². The highest BCUT2D eigenvalue weighted by molar-refractivity contribution is 5.95. The first-order chi connectivity index (χ1) is 14.9. The van der Waals surface area contributed by atoms with Gasteiger partial charge in [-0.1, -0.05) is 0 Å². The van der Waals surface area contributed by atoms with Gasteiger partial charge in [0.1, 0.15) is 22.9 Å². The van der Waals surface area contributed by atoms with Crippen molar-refractivity contribution in [3.8, 4) is 17.1 Å². The molecule has 1 aliphatic heterocycles. The molecule has 8 heteroatoms. The zero-order valence-electron chi connectivity index (χ0n) is 16.9. The highest BCUT2D eigenvalue weighted by Gasteiger charge is 2.35. The van der Waals surface area contributed by atoms with Crippen LogP contribution in [0.1, 0.15) is 35.2 Å². The number of primary amides is 2. The molecule has 0 unspecified atom stereocenters. The lowest BCUT2D eigenvalue weighted by atomic mass is 9.94. The van der Waals surface area contributed by atoms with Gasteiger partial charge in [-0.3, -0.25) is 9.59 Å². The van der Waals surface area contributed by atoms with Crippen LogP contribution in [0, 0.1) is 17.7 Å². The molecule has 2 amide bonds. The molecule has 1 aliphatic carbocycles. The van der Waals surface area contributed by atoms with E-state index >= 15 is 0 Å². The number of ether oxygens (including phenoxy) is 1. The lowest BCUT2D eigenvalue weighted by Crippen LogP contribution is -2.26. The molecule has 160 valence electrons. The summed E-state index contributed by atoms with van der Waals surface area (Å²) in [6, 6.07) is 8.19. The van der Waals surface area contributed by atoms with Crippen molar-refractivity contribution in [3.63, 3.8) is 0 Å². The van der Waals surface area contributed by atoms with Crippen molar-refractivity contribution in [3.05, 3.63) is 47.3 Å². The van der Waals surface area contributed by atoms with Crippen molar-refractivity contribution in [2.45, 2.75) is 32.2 Å². The van der Waals surface area contributed by atoms with Crippen LogP contribution >= 0.6 is 0 Å². The Balaban J connectivity index is 1.63. The molecule has 3 aromatic rings. The first kappa shape index (κ1) is 19.5. The van der Waals surface area contributed by atoms with Gasteiger partial charge in [-0.05, 0) is 67.5 Å². The minimum Gasteiger partial charge on any atom is -0.491 e. The molecule has 0 spiro atoms. The van der Waals surface area contributed by atoms with Gasteiger partial charge in [-0.25, -0.2) is 9.37 Å². The summed E-state index contributed by atoms with van der Waals surface area (Å²) in [4.78, 5) is 28.3. The Kier molecular flexibility index (Phi) is 4.64. The summed E-state index contributed by atoms with van der Waals surface area (Å²) in [6.07, 6.45) is 3.39. The number of hydrogen-bond donors (Lipinski definition) is 2. The SMILES string of the molecule is NC(=O)c1cc(-c2nc3cc(C[C@H](C(N)=O)C4CC4)cc4c3n2CCCO4)ccc1F. The minimum atomic E-state index is -0.824. The topological polar surface area (TPSA) is 113 Å². The van der Waals surface area contributed by atoms with Gasteiger partial charge in [-0.15, -0.1) is 0 Å². The summed E-state index contributed by atoms with van der Waals surface area (Å²) in [7, 11) is 0. The number of imidazole rings is 1. The second kappa shape index (κ2) is 7.37. The van der Waals surface area contributed by atoms with Crippen LogP contribution in [0.4, 0.5) is 4.39 Å². The third-order valence-corrected chi connectivity index (χ3v) is 6.15. The molecule has 4 N–H and O–H groups in total. The van der Waals surface area contributed by atoms with Gasteiger partial charge < -0.3 is 20.8 Å². The van der Waals surface area contributed by atoms with Crippen molar-refractivity contribution in [2.24, 2.45) is 23.3 Å². The number of halogens is 1. The number of benzene rings is 2. The number of hydrogen-bond acceptors (Lipinski definition) is 4. The summed E-state index contributed by atoms with van der Waals surface area (Å²) in [5, 5.41) is 0. The first-order valence-electron chi connectivity index (χ1n) is 10.5. The van der Waals surface area contributed by atoms with Gasteiger partial charge in [0.05, 0.1) is 17.7 Å². The smallest absolute Gasteiger partial charge is 0.251 e. The molecule has 2 aromatic carbocycles. The van der Waals surface area contributed by atoms with E-state index < -0.39 is 11.7 Å². The molecule has 0 radical (unpaired) electrons. The van der Waals surface area contributed by atoms with Crippen LogP contribution in [0.3, 0.4) is 0 Å². The number of nitrogens with zero attached hydrogens (tertiary/aromatic N) is 2. The average Bonchev–Trinajstić information content (AvgIpc) is 3.52. The molecule has 2 aliphatic rings. The summed E-state index contributed by atoms with van der Waals surface area (Å²) in [6.45, 7) is 1.23. The molecular weight excluding hydrogens is 399 g/mol. The van der Waals surface area contributed by atoms with E-state index in [0.717, 1.165) is 35.9 Å². The number of rotatable bonds is 6. The molecule has 1 saturated carbocycles. The Bertz CT molecular complexity index is 1220. The highest BCUT2D eigenvalue weighted by atomic mass is 19.1. The van der Waals surface area contributed by atoms with Crippen molar-refractivity contribution in [2.75, 3.05) is 6.61 Å². The third-order valence-electron chi connectivity index (χ3n) is 6.15. The summed E-state index contributed by atoms with van der Waals surface area (Å²) >= 11 is 0. The Labute approximate surface area is 178 Å². The van der Waals surface area contributed by atoms with Crippen molar-refractivity contribution < 1.29 is 18.7 Å². The maximum atomic E-state index is 14.0. The van der Waals surface area contributed by atoms with Crippen LogP contribution in [-0.4, -0.2) is 28.0 Å². The largest absolute Gasteiger partial charge is 0.491 e. The third kappa shape index (κ3) is 3.52. The average molecular weight is 422 g/mol. The van der Waals surface area contributed by atoms with Crippen LogP contribution in [-0.2, 0) is 17.8 Å². The number of aromatic nitrogens is 2. The molecule has 31 heavy (non-hydrogen) atoms. The van der Waals surface area contributed by atoms with E-state index in [2.05, 4.69) is 0 Å². The van der Waals surface area contributed by atoms with Gasteiger partial charge in [0.25, 0.3) is 5.91 Å². The van der Waals surface area contributed by atoms with Gasteiger partial charge >= 0.3 is 0 Å². The predicted molar refractivity (Wildman–Crippen MR) is 113 cm³/mol. The fourth-order valence-electron chi connectivity index (χ4n) is 4.46. The zero-order valence-corrected chi connectivity index (χ0v) is 16.9. The Morgan fingerprint density at radius 3 is 2.74 bits per heavy atom. The monoisotopic (exact) mass is 422 g/mol. The Hall–Kier alpha value is -3.42. The number of amides is 2. The minimum absolute atomic E-state index is 0.170. The highest BCUT2D eigenvalue weighted by Crippen LogP contribution is 2.40. The fraction of sp³-hybridized carbons (Fsp3) is 0.348. The van der Waals surface area contributed by atoms with E-state index in [-0.39, 0.29) is 17.4 Å². The molecule has 7 nitrogen and oxygen atoms in total. The molecule has 1 fully saturated rings. The lowest BCUT2D eigenvalue weighted by molar-refractivity contribution is -0.122. The molecule has 1 aromatic heterocycles.